The van der Waals surface area contributed by atoms with Crippen molar-refractivity contribution in [3.8, 4) is 0 Å². The van der Waals surface area contributed by atoms with Gasteiger partial charge in [-0.15, -0.1) is 5.10 Å². The summed E-state index contributed by atoms with van der Waals surface area (Å²) in [5.41, 5.74) is 3.14. The summed E-state index contributed by atoms with van der Waals surface area (Å²) in [6.45, 7) is 10.8. The van der Waals surface area contributed by atoms with E-state index < -0.39 is 0 Å². The lowest BCUT2D eigenvalue weighted by molar-refractivity contribution is -0.123. The number of hydrogen-bond acceptors (Lipinski definition) is 9. The number of rotatable bonds is 3. The Balaban J connectivity index is 0.000000513. The Hall–Kier alpha value is -3.05. The maximum absolute atomic E-state index is 8.36. The maximum Gasteiger partial charge on any atom is 0.290 e. The van der Waals surface area contributed by atoms with Crippen molar-refractivity contribution in [3.63, 3.8) is 0 Å². The number of nitrogens with zero attached hydrogens (tertiary/aromatic N) is 5. The minimum absolute atomic E-state index is 0.250. The van der Waals surface area contributed by atoms with Crippen LogP contribution in [0.25, 0.3) is 0 Å². The second-order valence-corrected chi connectivity index (χ2v) is 7.45. The lowest BCUT2D eigenvalue weighted by atomic mass is 10.1. The molecule has 0 aliphatic carbocycles. The second kappa shape index (κ2) is 12.0. The van der Waals surface area contributed by atoms with Crippen molar-refractivity contribution in [2.24, 2.45) is 5.92 Å². The molecule has 2 aromatic heterocycles. The number of fused-ring (bicyclic) bond motifs is 3. The lowest BCUT2D eigenvalue weighted by Crippen LogP contribution is -2.44. The monoisotopic (exact) mass is 435 g/mol. The number of anilines is 1. The smallest absolute Gasteiger partial charge is 0.290 e. The minimum atomic E-state index is -0.250. The Morgan fingerprint density at radius 3 is 2.35 bits per heavy atom. The van der Waals surface area contributed by atoms with E-state index in [4.69, 9.17) is 29.1 Å². The van der Waals surface area contributed by atoms with Crippen LogP contribution in [0.5, 0.6) is 0 Å². The third-order valence-electron chi connectivity index (χ3n) is 5.19. The molecule has 0 spiro atoms. The molecule has 2 bridgehead atoms. The van der Waals surface area contributed by atoms with Gasteiger partial charge in [0.25, 0.3) is 12.9 Å². The van der Waals surface area contributed by atoms with Crippen molar-refractivity contribution in [3.05, 3.63) is 34.8 Å². The van der Waals surface area contributed by atoms with Gasteiger partial charge in [0, 0.05) is 37.7 Å². The van der Waals surface area contributed by atoms with Gasteiger partial charge in [-0.1, -0.05) is 5.16 Å². The van der Waals surface area contributed by atoms with Gasteiger partial charge in [0.15, 0.2) is 5.82 Å². The van der Waals surface area contributed by atoms with Gasteiger partial charge in [-0.05, 0) is 32.9 Å². The van der Waals surface area contributed by atoms with E-state index in [1.807, 2.05) is 26.8 Å². The zero-order chi connectivity index (χ0) is 22.8. The molecular formula is C20H29N5O6. The Morgan fingerprint density at radius 1 is 1.06 bits per heavy atom. The van der Waals surface area contributed by atoms with Crippen LogP contribution in [0.4, 0.5) is 5.82 Å². The quantitative estimate of drug-likeness (QED) is 0.670. The number of ether oxygens (including phenoxy) is 1. The summed E-state index contributed by atoms with van der Waals surface area (Å²) in [6, 6.07) is 4.38. The SMILES string of the molecule is Cc1ccc(N2C[C@H]3COC[C@@H]2CN(Cc2c(C)noc2C)C3)nn1.O=CO.O=CO. The summed E-state index contributed by atoms with van der Waals surface area (Å²) in [4.78, 5) is 21.6. The minimum Gasteiger partial charge on any atom is -0.483 e. The first-order valence-electron chi connectivity index (χ1n) is 9.87. The molecule has 2 N–H and O–H groups in total. The third kappa shape index (κ3) is 6.72. The molecule has 2 atom stereocenters. The third-order valence-corrected chi connectivity index (χ3v) is 5.19. The number of carboxylic acid groups (broad SMARTS) is 2. The van der Waals surface area contributed by atoms with Crippen LogP contribution in [-0.2, 0) is 20.9 Å². The van der Waals surface area contributed by atoms with E-state index >= 15 is 0 Å². The van der Waals surface area contributed by atoms with Crippen LogP contribution in [0.2, 0.25) is 0 Å². The van der Waals surface area contributed by atoms with Gasteiger partial charge >= 0.3 is 0 Å². The average molecular weight is 435 g/mol. The fraction of sp³-hybridized carbons (Fsp3) is 0.550. The zero-order valence-corrected chi connectivity index (χ0v) is 18.0. The Kier molecular flexibility index (Phi) is 9.35. The first-order valence-corrected chi connectivity index (χ1v) is 9.87. The first kappa shape index (κ1) is 24.2. The summed E-state index contributed by atoms with van der Waals surface area (Å²) in [6.07, 6.45) is 0. The van der Waals surface area contributed by atoms with E-state index in [1.165, 1.54) is 5.56 Å². The van der Waals surface area contributed by atoms with Gasteiger partial charge in [-0.25, -0.2) is 0 Å². The molecular weight excluding hydrogens is 406 g/mol. The van der Waals surface area contributed by atoms with Crippen LogP contribution in [-0.4, -0.2) is 82.3 Å². The Bertz CT molecular complexity index is 802. The van der Waals surface area contributed by atoms with E-state index in [0.29, 0.717) is 5.92 Å². The molecule has 0 aromatic carbocycles. The van der Waals surface area contributed by atoms with Crippen molar-refractivity contribution in [1.82, 2.24) is 20.3 Å². The summed E-state index contributed by atoms with van der Waals surface area (Å²) < 4.78 is 11.3. The molecule has 31 heavy (non-hydrogen) atoms. The highest BCUT2D eigenvalue weighted by molar-refractivity contribution is 5.40. The van der Waals surface area contributed by atoms with Gasteiger partial charge in [0.05, 0.1) is 30.6 Å². The van der Waals surface area contributed by atoms with Crippen LogP contribution in [0.15, 0.2) is 16.7 Å². The van der Waals surface area contributed by atoms with Gasteiger partial charge in [0.1, 0.15) is 5.76 Å². The van der Waals surface area contributed by atoms with E-state index in [2.05, 4.69) is 31.2 Å². The Labute approximate surface area is 180 Å². The molecule has 2 aliphatic heterocycles. The van der Waals surface area contributed by atoms with Crippen LogP contribution in [0.3, 0.4) is 0 Å². The predicted molar refractivity (Wildman–Crippen MR) is 111 cm³/mol. The molecule has 0 unspecified atom stereocenters. The van der Waals surface area contributed by atoms with Crippen LogP contribution >= 0.6 is 0 Å². The van der Waals surface area contributed by atoms with Crippen molar-refractivity contribution in [2.45, 2.75) is 33.4 Å². The first-order chi connectivity index (χ1) is 14.9. The van der Waals surface area contributed by atoms with Crippen molar-refractivity contribution in [1.29, 1.82) is 0 Å². The lowest BCUT2D eigenvalue weighted by Gasteiger charge is -2.31. The van der Waals surface area contributed by atoms with Crippen LogP contribution in [0.1, 0.15) is 22.7 Å². The number of aromatic nitrogens is 3. The fourth-order valence-corrected chi connectivity index (χ4v) is 3.85. The zero-order valence-electron chi connectivity index (χ0n) is 18.0. The van der Waals surface area contributed by atoms with Crippen molar-refractivity contribution >= 4 is 18.8 Å². The topological polar surface area (TPSA) is 142 Å². The van der Waals surface area contributed by atoms with E-state index in [-0.39, 0.29) is 19.0 Å². The molecule has 0 amide bonds. The normalized spacial score (nSPS) is 20.4. The van der Waals surface area contributed by atoms with Crippen molar-refractivity contribution < 1.29 is 29.1 Å². The standard InChI is InChI=1S/C18H25N5O2.2CH2O2/c1-12-4-5-18(20-19-12)23-7-15-6-22(8-16(23)11-24-10-15)9-17-13(2)21-25-14(17)3;2*2-1-3/h4-5,15-16H,6-11H2,1-3H3;2*1H,(H,2,3)/t15-,16-;;/m0../s1. The largest absolute Gasteiger partial charge is 0.483 e. The van der Waals surface area contributed by atoms with E-state index in [9.17, 15) is 0 Å². The predicted octanol–water partition coefficient (Wildman–Crippen LogP) is 1.13. The molecule has 2 aliphatic rings. The highest BCUT2D eigenvalue weighted by atomic mass is 16.5. The Morgan fingerprint density at radius 2 is 1.77 bits per heavy atom. The maximum atomic E-state index is 8.36. The summed E-state index contributed by atoms with van der Waals surface area (Å²) >= 11 is 0. The molecule has 2 fully saturated rings. The molecule has 11 nitrogen and oxygen atoms in total. The number of carbonyl (C=O) groups is 2. The summed E-state index contributed by atoms with van der Waals surface area (Å²) in [5, 5.41) is 26.5. The second-order valence-electron chi connectivity index (χ2n) is 7.45. The summed E-state index contributed by atoms with van der Waals surface area (Å²) in [5.74, 6) is 2.32. The molecule has 2 saturated heterocycles. The van der Waals surface area contributed by atoms with Gasteiger partial charge in [0.2, 0.25) is 0 Å². The van der Waals surface area contributed by atoms with Gasteiger partial charge < -0.3 is 24.4 Å². The molecule has 0 radical (unpaired) electrons. The summed E-state index contributed by atoms with van der Waals surface area (Å²) in [7, 11) is 0. The molecule has 0 saturated carbocycles. The fourth-order valence-electron chi connectivity index (χ4n) is 3.85. The van der Waals surface area contributed by atoms with Crippen LogP contribution in [0, 0.1) is 26.7 Å². The number of aryl methyl sites for hydroxylation is 3. The van der Waals surface area contributed by atoms with Gasteiger partial charge in [-0.3, -0.25) is 14.5 Å². The van der Waals surface area contributed by atoms with E-state index in [0.717, 1.165) is 62.4 Å². The van der Waals surface area contributed by atoms with E-state index in [1.54, 1.807) is 0 Å². The number of hydrogen-bond donors (Lipinski definition) is 2. The molecule has 2 aromatic rings. The van der Waals surface area contributed by atoms with Crippen LogP contribution < -0.4 is 4.90 Å². The molecule has 4 heterocycles. The molecule has 170 valence electrons. The van der Waals surface area contributed by atoms with Gasteiger partial charge in [-0.2, -0.15) is 5.10 Å². The average Bonchev–Trinajstić information content (AvgIpc) is 2.89. The van der Waals surface area contributed by atoms with Crippen molar-refractivity contribution in [2.75, 3.05) is 37.7 Å². The highest BCUT2D eigenvalue weighted by Crippen LogP contribution is 2.26. The molecule has 11 heteroatoms. The highest BCUT2D eigenvalue weighted by Gasteiger charge is 2.34. The molecule has 4 rings (SSSR count).